The van der Waals surface area contributed by atoms with E-state index in [4.69, 9.17) is 9.59 Å². The zero-order chi connectivity index (χ0) is 3.58. The maximum Gasteiger partial charge on any atom is 0.479 e. The first-order chi connectivity index (χ1) is 1.73. The fourth-order valence-corrected chi connectivity index (χ4v) is 0. The van der Waals surface area contributed by atoms with Gasteiger partial charge >= 0.3 is 9.45 Å². The van der Waals surface area contributed by atoms with Gasteiger partial charge in [-0.05, 0) is 0 Å². The lowest BCUT2D eigenvalue weighted by Crippen LogP contribution is -2.23. The molecular formula is H4NO2Si. The topological polar surface area (TPSA) is 66.5 Å². The van der Waals surface area contributed by atoms with Crippen LogP contribution in [-0.4, -0.2) is 19.0 Å². The molecule has 4 heavy (non-hydrogen) atoms. The van der Waals surface area contributed by atoms with Gasteiger partial charge in [-0.1, -0.05) is 0 Å². The third kappa shape index (κ3) is 269. The molecule has 0 atom stereocenters. The van der Waals surface area contributed by atoms with Gasteiger partial charge in [0.1, 0.15) is 0 Å². The lowest BCUT2D eigenvalue weighted by atomic mass is 13.9. The predicted octanol–water partition coefficient (Wildman–Crippen LogP) is -2.09. The lowest BCUT2D eigenvalue weighted by molar-refractivity contribution is 0.409. The van der Waals surface area contributed by atoms with Gasteiger partial charge in [0.25, 0.3) is 0 Å². The van der Waals surface area contributed by atoms with Gasteiger partial charge in [0.15, 0.2) is 0 Å². The molecule has 0 saturated carbocycles. The number of nitrogens with two attached hydrogens (primary N) is 1. The van der Waals surface area contributed by atoms with Crippen LogP contribution in [0, 0.1) is 0 Å². The van der Waals surface area contributed by atoms with E-state index < -0.39 is 9.45 Å². The molecule has 0 aromatic heterocycles. The maximum atomic E-state index is 7.49. The second-order valence-electron chi connectivity index (χ2n) is 0.358. The van der Waals surface area contributed by atoms with Crippen LogP contribution < -0.4 is 5.40 Å². The van der Waals surface area contributed by atoms with E-state index in [0.29, 0.717) is 0 Å². The van der Waals surface area contributed by atoms with Gasteiger partial charge in [-0.3, -0.25) is 0 Å². The van der Waals surface area contributed by atoms with E-state index in [-0.39, 0.29) is 0 Å². The van der Waals surface area contributed by atoms with Crippen LogP contribution in [0.25, 0.3) is 0 Å². The Labute approximate surface area is 25.6 Å². The van der Waals surface area contributed by atoms with Crippen molar-refractivity contribution in [3.05, 3.63) is 0 Å². The molecule has 0 aliphatic heterocycles. The Hall–Kier alpha value is 0.0969. The fourth-order valence-electron chi connectivity index (χ4n) is 0. The molecule has 4 heteroatoms. The molecule has 0 bridgehead atoms. The van der Waals surface area contributed by atoms with Crippen LogP contribution in [0.4, 0.5) is 0 Å². The summed E-state index contributed by atoms with van der Waals surface area (Å²) in [5.41, 5.74) is 0. The zero-order valence-corrected chi connectivity index (χ0v) is 2.97. The number of hydrogen-bond donors (Lipinski definition) is 3. The molecule has 0 saturated heterocycles. The Morgan fingerprint density at radius 3 is 1.50 bits per heavy atom. The van der Waals surface area contributed by atoms with E-state index in [9.17, 15) is 0 Å². The van der Waals surface area contributed by atoms with Crippen LogP contribution in [0.5, 0.6) is 0 Å². The van der Waals surface area contributed by atoms with Gasteiger partial charge in [-0.25, -0.2) is 0 Å². The van der Waals surface area contributed by atoms with Gasteiger partial charge in [-0.15, -0.1) is 0 Å². The standard InChI is InChI=1S/H4NO2Si/c1-4(2)3/h2-3H,1H2. The normalized spacial score (nSPS) is 9.00. The third-order valence-corrected chi connectivity index (χ3v) is 0. The van der Waals surface area contributed by atoms with Crippen LogP contribution >= 0.6 is 0 Å². The monoisotopic (exact) mass is 78.0 g/mol. The van der Waals surface area contributed by atoms with Crippen molar-refractivity contribution < 1.29 is 9.59 Å². The first kappa shape index (κ1) is 4.10. The largest absolute Gasteiger partial charge is 0.479 e. The molecule has 1 radical (unpaired) electrons. The minimum atomic E-state index is -2.38. The zero-order valence-electron chi connectivity index (χ0n) is 1.97. The highest BCUT2D eigenvalue weighted by molar-refractivity contribution is 6.36. The fraction of sp³-hybridized carbons (Fsp3) is 0. The molecule has 0 unspecified atom stereocenters. The van der Waals surface area contributed by atoms with Crippen molar-refractivity contribution in [3.63, 3.8) is 0 Å². The van der Waals surface area contributed by atoms with Crippen molar-refractivity contribution in [3.8, 4) is 0 Å². The van der Waals surface area contributed by atoms with Crippen molar-refractivity contribution >= 4 is 9.45 Å². The average Bonchev–Trinajstić information content (AvgIpc) is 0.811. The SMILES string of the molecule is N[Si](O)O. The first-order valence-electron chi connectivity index (χ1n) is 0.736. The predicted molar refractivity (Wildman–Crippen MR) is 14.4 cm³/mol. The molecule has 0 aromatic carbocycles. The first-order valence-corrected chi connectivity index (χ1v) is 2.21. The molecule has 0 fully saturated rings. The molecule has 0 spiro atoms. The molecule has 4 N–H and O–H groups in total. The van der Waals surface area contributed by atoms with Crippen molar-refractivity contribution in [1.82, 2.24) is 0 Å². The van der Waals surface area contributed by atoms with Crippen molar-refractivity contribution in [2.24, 2.45) is 5.40 Å². The number of hydrogen-bond acceptors (Lipinski definition) is 3. The summed E-state index contributed by atoms with van der Waals surface area (Å²) in [6.07, 6.45) is 0. The summed E-state index contributed by atoms with van der Waals surface area (Å²) in [5.74, 6) is 0. The van der Waals surface area contributed by atoms with Gasteiger partial charge in [0.2, 0.25) is 0 Å². The van der Waals surface area contributed by atoms with Gasteiger partial charge in [0, 0.05) is 0 Å². The highest BCUT2D eigenvalue weighted by Crippen LogP contribution is 1.31. The van der Waals surface area contributed by atoms with E-state index in [1.54, 1.807) is 0 Å². The van der Waals surface area contributed by atoms with E-state index >= 15 is 0 Å². The van der Waals surface area contributed by atoms with E-state index in [0.717, 1.165) is 0 Å². The summed E-state index contributed by atoms with van der Waals surface area (Å²) in [7, 11) is -2.38. The summed E-state index contributed by atoms with van der Waals surface area (Å²) >= 11 is 0. The van der Waals surface area contributed by atoms with E-state index in [2.05, 4.69) is 5.40 Å². The molecule has 3 nitrogen and oxygen atoms in total. The Kier molecular flexibility index (Phi) is 1.45. The highest BCUT2D eigenvalue weighted by atomic mass is 28.3. The third-order valence-electron chi connectivity index (χ3n) is 0. The van der Waals surface area contributed by atoms with Crippen LogP contribution in [0.15, 0.2) is 0 Å². The smallest absolute Gasteiger partial charge is 0.398 e. The molecular weight excluding hydrogens is 74.1 g/mol. The Morgan fingerprint density at radius 1 is 1.50 bits per heavy atom. The maximum absolute atomic E-state index is 7.49. The molecule has 25 valence electrons. The second-order valence-corrected chi connectivity index (χ2v) is 1.07. The Balaban J connectivity index is 2.32. The minimum Gasteiger partial charge on any atom is -0.398 e. The summed E-state index contributed by atoms with van der Waals surface area (Å²) in [6.45, 7) is 0. The van der Waals surface area contributed by atoms with Crippen molar-refractivity contribution in [2.45, 2.75) is 0 Å². The average molecular weight is 78.1 g/mol. The summed E-state index contributed by atoms with van der Waals surface area (Å²) in [6, 6.07) is 0. The van der Waals surface area contributed by atoms with Crippen LogP contribution in [0.3, 0.4) is 0 Å². The Morgan fingerprint density at radius 2 is 1.50 bits per heavy atom. The van der Waals surface area contributed by atoms with Crippen LogP contribution in [0.1, 0.15) is 0 Å². The number of rotatable bonds is 0. The Bertz CT molecular complexity index is 10.8. The van der Waals surface area contributed by atoms with Crippen LogP contribution in [0.2, 0.25) is 0 Å². The molecule has 0 amide bonds. The van der Waals surface area contributed by atoms with E-state index in [1.165, 1.54) is 0 Å². The summed E-state index contributed by atoms with van der Waals surface area (Å²) in [4.78, 5) is 15.0. The van der Waals surface area contributed by atoms with Gasteiger partial charge < -0.3 is 15.0 Å². The van der Waals surface area contributed by atoms with Crippen molar-refractivity contribution in [1.29, 1.82) is 0 Å². The molecule has 0 heterocycles. The van der Waals surface area contributed by atoms with Gasteiger partial charge in [0.05, 0.1) is 0 Å². The minimum absolute atomic E-state index is 2.38. The second kappa shape index (κ2) is 1.42. The molecule has 0 aliphatic rings. The lowest BCUT2D eigenvalue weighted by Gasteiger charge is -1.73. The van der Waals surface area contributed by atoms with Gasteiger partial charge in [-0.2, -0.15) is 0 Å². The summed E-state index contributed by atoms with van der Waals surface area (Å²) in [5, 5.41) is 4.32. The highest BCUT2D eigenvalue weighted by Gasteiger charge is 1.84. The molecule has 0 aliphatic carbocycles. The molecule has 0 aromatic rings. The van der Waals surface area contributed by atoms with Crippen LogP contribution in [-0.2, 0) is 0 Å². The quantitative estimate of drug-likeness (QED) is 0.291. The van der Waals surface area contributed by atoms with E-state index in [1.807, 2.05) is 0 Å². The molecule has 0 rings (SSSR count). The van der Waals surface area contributed by atoms with Crippen molar-refractivity contribution in [2.75, 3.05) is 0 Å². The summed E-state index contributed by atoms with van der Waals surface area (Å²) < 4.78 is 0.